The van der Waals surface area contributed by atoms with Gasteiger partial charge in [-0.3, -0.25) is 0 Å². The third-order valence-corrected chi connectivity index (χ3v) is 6.06. The van der Waals surface area contributed by atoms with Crippen molar-refractivity contribution in [2.24, 2.45) is 4.99 Å². The highest BCUT2D eigenvalue weighted by atomic mass is 19.1. The Morgan fingerprint density at radius 2 is 1.88 bits per heavy atom. The van der Waals surface area contributed by atoms with E-state index in [4.69, 9.17) is 9.73 Å². The van der Waals surface area contributed by atoms with Crippen molar-refractivity contribution in [1.82, 2.24) is 10.6 Å². The molecule has 2 aliphatic heterocycles. The van der Waals surface area contributed by atoms with Crippen molar-refractivity contribution in [2.75, 3.05) is 55.7 Å². The van der Waals surface area contributed by atoms with Crippen LogP contribution in [-0.4, -0.2) is 57.9 Å². The minimum absolute atomic E-state index is 0.193. The van der Waals surface area contributed by atoms with Gasteiger partial charge in [-0.15, -0.1) is 0 Å². The Kier molecular flexibility index (Phi) is 7.47. The average Bonchev–Trinajstić information content (AvgIpc) is 3.27. The number of ether oxygens (including phenoxy) is 1. The molecular formula is C25H34FN5O. The van der Waals surface area contributed by atoms with E-state index in [1.165, 1.54) is 11.3 Å². The number of morpholine rings is 1. The second-order valence-corrected chi connectivity index (χ2v) is 8.49. The van der Waals surface area contributed by atoms with Crippen LogP contribution in [0.4, 0.5) is 15.8 Å². The molecular weight excluding hydrogens is 405 g/mol. The van der Waals surface area contributed by atoms with Gasteiger partial charge in [0.2, 0.25) is 0 Å². The monoisotopic (exact) mass is 439 g/mol. The van der Waals surface area contributed by atoms with Crippen LogP contribution in [0.2, 0.25) is 0 Å². The summed E-state index contributed by atoms with van der Waals surface area (Å²) in [7, 11) is 0. The molecule has 6 nitrogen and oxygen atoms in total. The Morgan fingerprint density at radius 3 is 2.59 bits per heavy atom. The Balaban J connectivity index is 1.36. The lowest BCUT2D eigenvalue weighted by molar-refractivity contribution is 0.122. The van der Waals surface area contributed by atoms with Gasteiger partial charge in [0.05, 0.1) is 25.4 Å². The first kappa shape index (κ1) is 22.4. The smallest absolute Gasteiger partial charge is 0.191 e. The maximum absolute atomic E-state index is 14.7. The predicted octanol–water partition coefficient (Wildman–Crippen LogP) is 3.30. The fraction of sp³-hybridized carbons (Fsp3) is 0.480. The van der Waals surface area contributed by atoms with E-state index < -0.39 is 0 Å². The number of nitrogens with zero attached hydrogens (tertiary/aromatic N) is 3. The van der Waals surface area contributed by atoms with Crippen LogP contribution in [0, 0.1) is 12.7 Å². The van der Waals surface area contributed by atoms with E-state index in [-0.39, 0.29) is 5.82 Å². The molecule has 172 valence electrons. The Hall–Kier alpha value is -2.80. The molecule has 7 heteroatoms. The summed E-state index contributed by atoms with van der Waals surface area (Å²) in [6.45, 7) is 10.1. The second kappa shape index (κ2) is 10.7. The number of hydrogen-bond acceptors (Lipinski definition) is 4. The van der Waals surface area contributed by atoms with E-state index in [1.807, 2.05) is 17.0 Å². The Bertz CT molecular complexity index is 911. The second-order valence-electron chi connectivity index (χ2n) is 8.49. The highest BCUT2D eigenvalue weighted by molar-refractivity contribution is 5.80. The zero-order valence-corrected chi connectivity index (χ0v) is 19.1. The minimum atomic E-state index is -0.193. The van der Waals surface area contributed by atoms with Crippen LogP contribution in [0.25, 0.3) is 0 Å². The molecule has 2 heterocycles. The molecule has 0 aliphatic carbocycles. The topological polar surface area (TPSA) is 52.1 Å². The van der Waals surface area contributed by atoms with Crippen LogP contribution in [0.15, 0.2) is 47.5 Å². The number of aliphatic imine (C=N–C) groups is 1. The molecule has 2 aromatic carbocycles. The van der Waals surface area contributed by atoms with Gasteiger partial charge in [-0.1, -0.05) is 23.8 Å². The van der Waals surface area contributed by atoms with Gasteiger partial charge in [-0.05, 0) is 50.1 Å². The van der Waals surface area contributed by atoms with Crippen LogP contribution in [0.3, 0.4) is 0 Å². The first-order valence-electron chi connectivity index (χ1n) is 11.6. The van der Waals surface area contributed by atoms with Crippen LogP contribution >= 0.6 is 0 Å². The highest BCUT2D eigenvalue weighted by Crippen LogP contribution is 2.23. The first-order chi connectivity index (χ1) is 15.6. The third-order valence-electron chi connectivity index (χ3n) is 6.06. The van der Waals surface area contributed by atoms with Gasteiger partial charge in [-0.2, -0.15) is 0 Å². The quantitative estimate of drug-likeness (QED) is 0.534. The van der Waals surface area contributed by atoms with Gasteiger partial charge in [0.25, 0.3) is 0 Å². The van der Waals surface area contributed by atoms with Crippen molar-refractivity contribution < 1.29 is 9.13 Å². The molecule has 2 aromatic rings. The first-order valence-corrected chi connectivity index (χ1v) is 11.6. The van der Waals surface area contributed by atoms with Gasteiger partial charge in [0.1, 0.15) is 5.82 Å². The number of anilines is 2. The van der Waals surface area contributed by atoms with E-state index >= 15 is 0 Å². The summed E-state index contributed by atoms with van der Waals surface area (Å²) < 4.78 is 20.1. The van der Waals surface area contributed by atoms with Crippen molar-refractivity contribution >= 4 is 17.3 Å². The summed E-state index contributed by atoms with van der Waals surface area (Å²) in [5, 5.41) is 6.88. The van der Waals surface area contributed by atoms with Gasteiger partial charge >= 0.3 is 0 Å². The SMILES string of the molecule is CCNC(=NCc1ccc(N2CCOCC2)c(F)c1)NC1CCN(c2ccc(C)cc2)C1. The predicted molar refractivity (Wildman–Crippen MR) is 129 cm³/mol. The zero-order chi connectivity index (χ0) is 22.3. The van der Waals surface area contributed by atoms with Gasteiger partial charge in [0.15, 0.2) is 5.96 Å². The number of hydrogen-bond donors (Lipinski definition) is 2. The summed E-state index contributed by atoms with van der Waals surface area (Å²) >= 11 is 0. The van der Waals surface area contributed by atoms with Crippen molar-refractivity contribution in [3.05, 3.63) is 59.4 Å². The third kappa shape index (κ3) is 5.71. The lowest BCUT2D eigenvalue weighted by Gasteiger charge is -2.29. The van der Waals surface area contributed by atoms with Crippen molar-refractivity contribution in [2.45, 2.75) is 32.9 Å². The Labute approximate surface area is 190 Å². The van der Waals surface area contributed by atoms with Crippen LogP contribution in [0.1, 0.15) is 24.5 Å². The van der Waals surface area contributed by atoms with Crippen LogP contribution < -0.4 is 20.4 Å². The van der Waals surface area contributed by atoms with E-state index in [1.54, 1.807) is 6.07 Å². The maximum atomic E-state index is 14.7. The number of nitrogens with one attached hydrogen (secondary N) is 2. The lowest BCUT2D eigenvalue weighted by Crippen LogP contribution is -2.44. The van der Waals surface area contributed by atoms with Gasteiger partial charge in [-0.25, -0.2) is 9.38 Å². The normalized spacial score (nSPS) is 19.3. The molecule has 2 saturated heterocycles. The van der Waals surface area contributed by atoms with Gasteiger partial charge < -0.3 is 25.2 Å². The fourth-order valence-electron chi connectivity index (χ4n) is 4.26. The van der Waals surface area contributed by atoms with E-state index in [0.717, 1.165) is 50.7 Å². The van der Waals surface area contributed by atoms with E-state index in [2.05, 4.69) is 53.6 Å². The molecule has 0 amide bonds. The lowest BCUT2D eigenvalue weighted by atomic mass is 10.1. The molecule has 0 aromatic heterocycles. The standard InChI is InChI=1S/C25H34FN5O/c1-3-27-25(29-21-10-11-31(18-21)22-7-4-19(2)5-8-22)28-17-20-6-9-24(23(26)16-20)30-12-14-32-15-13-30/h4-9,16,21H,3,10-15,17-18H2,1-2H3,(H2,27,28,29). The molecule has 0 saturated carbocycles. The minimum Gasteiger partial charge on any atom is -0.378 e. The number of halogens is 1. The molecule has 2 N–H and O–H groups in total. The largest absolute Gasteiger partial charge is 0.378 e. The van der Waals surface area contributed by atoms with Crippen molar-refractivity contribution in [1.29, 1.82) is 0 Å². The molecule has 1 atom stereocenters. The molecule has 0 spiro atoms. The summed E-state index contributed by atoms with van der Waals surface area (Å²) in [6, 6.07) is 14.5. The molecule has 2 aliphatic rings. The Morgan fingerprint density at radius 1 is 1.09 bits per heavy atom. The summed E-state index contributed by atoms with van der Waals surface area (Å²) in [6.07, 6.45) is 1.06. The highest BCUT2D eigenvalue weighted by Gasteiger charge is 2.23. The maximum Gasteiger partial charge on any atom is 0.191 e. The van der Waals surface area contributed by atoms with E-state index in [9.17, 15) is 4.39 Å². The van der Waals surface area contributed by atoms with Gasteiger partial charge in [0, 0.05) is 44.5 Å². The fourth-order valence-corrected chi connectivity index (χ4v) is 4.26. The molecule has 4 rings (SSSR count). The average molecular weight is 440 g/mol. The summed E-state index contributed by atoms with van der Waals surface area (Å²) in [5.41, 5.74) is 4.05. The molecule has 0 radical (unpaired) electrons. The number of guanidine groups is 1. The molecule has 1 unspecified atom stereocenters. The number of benzene rings is 2. The summed E-state index contributed by atoms with van der Waals surface area (Å²) in [4.78, 5) is 9.16. The van der Waals surface area contributed by atoms with E-state index in [0.29, 0.717) is 31.5 Å². The van der Waals surface area contributed by atoms with Crippen LogP contribution in [-0.2, 0) is 11.3 Å². The zero-order valence-electron chi connectivity index (χ0n) is 19.1. The number of aryl methyl sites for hydroxylation is 1. The van der Waals surface area contributed by atoms with Crippen molar-refractivity contribution in [3.8, 4) is 0 Å². The summed E-state index contributed by atoms with van der Waals surface area (Å²) in [5.74, 6) is 0.586. The molecule has 32 heavy (non-hydrogen) atoms. The molecule has 0 bridgehead atoms. The van der Waals surface area contributed by atoms with Crippen molar-refractivity contribution in [3.63, 3.8) is 0 Å². The number of rotatable bonds is 6. The van der Waals surface area contributed by atoms with Crippen LogP contribution in [0.5, 0.6) is 0 Å². The molecule has 2 fully saturated rings.